The summed E-state index contributed by atoms with van der Waals surface area (Å²) in [5.74, 6) is 0. The summed E-state index contributed by atoms with van der Waals surface area (Å²) in [5, 5.41) is 5.47. The van der Waals surface area contributed by atoms with Crippen molar-refractivity contribution in [3.63, 3.8) is 0 Å². The monoisotopic (exact) mass is 254 g/mol. The second-order valence-electron chi connectivity index (χ2n) is 4.80. The summed E-state index contributed by atoms with van der Waals surface area (Å²) in [7, 11) is 4.30. The largest absolute Gasteiger partial charge is 0.318 e. The van der Waals surface area contributed by atoms with Gasteiger partial charge in [0.25, 0.3) is 0 Å². The molecule has 1 aromatic rings. The zero-order valence-corrected chi connectivity index (χ0v) is 12.4. The molecule has 2 atom stereocenters. The summed E-state index contributed by atoms with van der Waals surface area (Å²) in [6, 6.07) is 5.64. The zero-order valence-electron chi connectivity index (χ0n) is 11.6. The number of thiophene rings is 1. The van der Waals surface area contributed by atoms with E-state index < -0.39 is 0 Å². The highest BCUT2D eigenvalue weighted by Crippen LogP contribution is 2.16. The Hall–Kier alpha value is -0.380. The van der Waals surface area contributed by atoms with Crippen LogP contribution in [0.1, 0.15) is 31.6 Å². The first-order valence-corrected chi connectivity index (χ1v) is 7.45. The molecule has 98 valence electrons. The van der Waals surface area contributed by atoms with Crippen molar-refractivity contribution in [2.24, 2.45) is 0 Å². The number of hydrogen-bond acceptors (Lipinski definition) is 3. The van der Waals surface area contributed by atoms with Gasteiger partial charge < -0.3 is 5.32 Å². The van der Waals surface area contributed by atoms with Crippen LogP contribution in [0.2, 0.25) is 0 Å². The maximum atomic E-state index is 3.31. The fourth-order valence-corrected chi connectivity index (χ4v) is 3.07. The van der Waals surface area contributed by atoms with E-state index in [1.165, 1.54) is 17.7 Å². The molecule has 2 unspecified atom stereocenters. The summed E-state index contributed by atoms with van der Waals surface area (Å²) >= 11 is 1.86. The topological polar surface area (TPSA) is 15.3 Å². The van der Waals surface area contributed by atoms with Crippen LogP contribution in [0.25, 0.3) is 0 Å². The number of hydrogen-bond donors (Lipinski definition) is 1. The lowest BCUT2D eigenvalue weighted by Gasteiger charge is -2.33. The number of nitrogens with one attached hydrogen (secondary N) is 1. The van der Waals surface area contributed by atoms with Gasteiger partial charge in [0.1, 0.15) is 0 Å². The molecule has 0 spiro atoms. The molecule has 0 aliphatic heterocycles. The number of nitrogens with zero attached hydrogens (tertiary/aromatic N) is 1. The second kappa shape index (κ2) is 7.85. The van der Waals surface area contributed by atoms with Gasteiger partial charge >= 0.3 is 0 Å². The van der Waals surface area contributed by atoms with Crippen LogP contribution >= 0.6 is 11.3 Å². The molecule has 1 rings (SSSR count). The summed E-state index contributed by atoms with van der Waals surface area (Å²) < 4.78 is 0. The molecule has 1 N–H and O–H groups in total. The fourth-order valence-electron chi connectivity index (χ4n) is 2.24. The Morgan fingerprint density at radius 1 is 1.47 bits per heavy atom. The Morgan fingerprint density at radius 2 is 2.24 bits per heavy atom. The van der Waals surface area contributed by atoms with Crippen LogP contribution in [0.15, 0.2) is 17.5 Å². The van der Waals surface area contributed by atoms with E-state index in [1.54, 1.807) is 0 Å². The van der Waals surface area contributed by atoms with E-state index in [9.17, 15) is 0 Å². The van der Waals surface area contributed by atoms with Crippen molar-refractivity contribution in [1.82, 2.24) is 10.2 Å². The third-order valence-electron chi connectivity index (χ3n) is 3.41. The standard InChI is InChI=1S/C14H26N2S/c1-5-7-13(11-15-3)16(4)12(2)10-14-8-6-9-17-14/h6,8-9,12-13,15H,5,7,10-11H2,1-4H3. The molecule has 0 aliphatic rings. The van der Waals surface area contributed by atoms with Crippen molar-refractivity contribution in [1.29, 1.82) is 0 Å². The maximum absolute atomic E-state index is 3.31. The van der Waals surface area contributed by atoms with Crippen molar-refractivity contribution in [2.75, 3.05) is 20.6 Å². The molecule has 17 heavy (non-hydrogen) atoms. The lowest BCUT2D eigenvalue weighted by Crippen LogP contribution is -2.44. The van der Waals surface area contributed by atoms with Gasteiger partial charge in [0, 0.05) is 23.5 Å². The van der Waals surface area contributed by atoms with E-state index in [0.29, 0.717) is 12.1 Å². The van der Waals surface area contributed by atoms with Gasteiger partial charge in [-0.25, -0.2) is 0 Å². The van der Waals surface area contributed by atoms with Gasteiger partial charge in [-0.05, 0) is 45.3 Å². The molecule has 0 saturated heterocycles. The molecule has 2 nitrogen and oxygen atoms in total. The Labute approximate surface area is 110 Å². The average Bonchev–Trinajstić information content (AvgIpc) is 2.80. The highest BCUT2D eigenvalue weighted by Gasteiger charge is 2.18. The first kappa shape index (κ1) is 14.7. The smallest absolute Gasteiger partial charge is 0.0220 e. The third-order valence-corrected chi connectivity index (χ3v) is 4.31. The Balaban J connectivity index is 2.50. The van der Waals surface area contributed by atoms with E-state index in [0.717, 1.165) is 13.0 Å². The predicted molar refractivity (Wildman–Crippen MR) is 77.9 cm³/mol. The molecule has 0 aliphatic carbocycles. The van der Waals surface area contributed by atoms with Crippen molar-refractivity contribution >= 4 is 11.3 Å². The average molecular weight is 254 g/mol. The van der Waals surface area contributed by atoms with Crippen molar-refractivity contribution in [3.8, 4) is 0 Å². The molecule has 0 bridgehead atoms. The third kappa shape index (κ3) is 4.78. The van der Waals surface area contributed by atoms with E-state index in [1.807, 2.05) is 18.4 Å². The molecule has 1 aromatic heterocycles. The SMILES string of the molecule is CCCC(CNC)N(C)C(C)Cc1cccs1. The van der Waals surface area contributed by atoms with Crippen LogP contribution < -0.4 is 5.32 Å². The molecule has 0 saturated carbocycles. The second-order valence-corrected chi connectivity index (χ2v) is 5.83. The molecule has 0 fully saturated rings. The quantitative estimate of drug-likeness (QED) is 0.767. The van der Waals surface area contributed by atoms with E-state index in [4.69, 9.17) is 0 Å². The van der Waals surface area contributed by atoms with Gasteiger partial charge in [0.15, 0.2) is 0 Å². The Kier molecular flexibility index (Phi) is 6.78. The summed E-state index contributed by atoms with van der Waals surface area (Å²) in [6.45, 7) is 5.68. The molecular formula is C14H26N2S. The molecule has 0 aromatic carbocycles. The molecule has 1 heterocycles. The van der Waals surface area contributed by atoms with Crippen LogP contribution in [0.5, 0.6) is 0 Å². The highest BCUT2D eigenvalue weighted by atomic mass is 32.1. The van der Waals surface area contributed by atoms with E-state index in [2.05, 4.69) is 48.6 Å². The van der Waals surface area contributed by atoms with Gasteiger partial charge in [-0.1, -0.05) is 19.4 Å². The Morgan fingerprint density at radius 3 is 2.76 bits per heavy atom. The lowest BCUT2D eigenvalue weighted by atomic mass is 10.1. The highest BCUT2D eigenvalue weighted by molar-refractivity contribution is 7.09. The Bertz CT molecular complexity index is 278. The maximum Gasteiger partial charge on any atom is 0.0220 e. The van der Waals surface area contributed by atoms with Crippen LogP contribution in [0, 0.1) is 0 Å². The van der Waals surface area contributed by atoms with Gasteiger partial charge in [-0.15, -0.1) is 11.3 Å². The minimum atomic E-state index is 0.610. The number of rotatable bonds is 8. The van der Waals surface area contributed by atoms with Crippen molar-refractivity contribution < 1.29 is 0 Å². The van der Waals surface area contributed by atoms with Crippen molar-refractivity contribution in [3.05, 3.63) is 22.4 Å². The molecule has 0 radical (unpaired) electrons. The zero-order chi connectivity index (χ0) is 12.7. The van der Waals surface area contributed by atoms with Crippen LogP contribution in [0.4, 0.5) is 0 Å². The van der Waals surface area contributed by atoms with E-state index >= 15 is 0 Å². The van der Waals surface area contributed by atoms with Crippen LogP contribution in [0.3, 0.4) is 0 Å². The summed E-state index contributed by atoms with van der Waals surface area (Å²) in [6.07, 6.45) is 3.69. The van der Waals surface area contributed by atoms with Gasteiger partial charge in [-0.3, -0.25) is 4.90 Å². The van der Waals surface area contributed by atoms with Gasteiger partial charge in [0.05, 0.1) is 0 Å². The van der Waals surface area contributed by atoms with Crippen LogP contribution in [-0.2, 0) is 6.42 Å². The van der Waals surface area contributed by atoms with Gasteiger partial charge in [-0.2, -0.15) is 0 Å². The first-order valence-electron chi connectivity index (χ1n) is 6.58. The molecule has 0 amide bonds. The minimum absolute atomic E-state index is 0.610. The minimum Gasteiger partial charge on any atom is -0.318 e. The fraction of sp³-hybridized carbons (Fsp3) is 0.714. The lowest BCUT2D eigenvalue weighted by molar-refractivity contribution is 0.171. The summed E-state index contributed by atoms with van der Waals surface area (Å²) in [4.78, 5) is 4.02. The van der Waals surface area contributed by atoms with Crippen molar-refractivity contribution in [2.45, 2.75) is 45.2 Å². The molecule has 3 heteroatoms. The van der Waals surface area contributed by atoms with Gasteiger partial charge in [0.2, 0.25) is 0 Å². The van der Waals surface area contributed by atoms with Crippen LogP contribution in [-0.4, -0.2) is 37.6 Å². The first-order chi connectivity index (χ1) is 8.19. The molecular weight excluding hydrogens is 228 g/mol. The summed E-state index contributed by atoms with van der Waals surface area (Å²) in [5.41, 5.74) is 0. The number of likely N-dealkylation sites (N-methyl/N-ethyl adjacent to an activating group) is 2. The van der Waals surface area contributed by atoms with E-state index in [-0.39, 0.29) is 0 Å². The predicted octanol–water partition coefficient (Wildman–Crippen LogP) is 3.00. The normalized spacial score (nSPS) is 15.1.